The fraction of sp³-hybridized carbons (Fsp3) is 0.424. The highest BCUT2D eigenvalue weighted by atomic mass is 35.5. The number of halogens is 1. The Bertz CT molecular complexity index is 1590. The molecule has 0 saturated carbocycles. The molecular weight excluding hydrogens is 532 g/mol. The summed E-state index contributed by atoms with van der Waals surface area (Å²) in [6.07, 6.45) is 6.85. The molecular formula is C33H37ClN6O. The minimum Gasteiger partial charge on any atom is -0.462 e. The Morgan fingerprint density at radius 1 is 1.02 bits per heavy atom. The number of anilines is 2. The van der Waals surface area contributed by atoms with Gasteiger partial charge in [-0.05, 0) is 73.9 Å². The van der Waals surface area contributed by atoms with Crippen LogP contribution in [-0.4, -0.2) is 58.7 Å². The van der Waals surface area contributed by atoms with E-state index in [2.05, 4.69) is 70.9 Å². The van der Waals surface area contributed by atoms with Crippen LogP contribution in [0.3, 0.4) is 0 Å². The van der Waals surface area contributed by atoms with Crippen LogP contribution < -0.4 is 14.5 Å². The highest BCUT2D eigenvalue weighted by Gasteiger charge is 2.32. The highest BCUT2D eigenvalue weighted by Crippen LogP contribution is 2.38. The summed E-state index contributed by atoms with van der Waals surface area (Å²) >= 11 is 6.73. The van der Waals surface area contributed by atoms with E-state index in [1.54, 1.807) is 0 Å². The van der Waals surface area contributed by atoms with Gasteiger partial charge >= 0.3 is 6.01 Å². The number of likely N-dealkylation sites (tertiary alicyclic amines) is 1. The Hall–Kier alpha value is -3.42. The number of nitrogens with zero attached hydrogens (tertiary/aromatic N) is 6. The van der Waals surface area contributed by atoms with E-state index in [-0.39, 0.29) is 0 Å². The monoisotopic (exact) mass is 568 g/mol. The van der Waals surface area contributed by atoms with Crippen molar-refractivity contribution in [3.05, 3.63) is 82.3 Å². The number of hydrogen-bond acceptors (Lipinski definition) is 7. The molecule has 3 atom stereocenters. The second-order valence-corrected chi connectivity index (χ2v) is 12.5. The molecule has 8 heteroatoms. The normalized spacial score (nSPS) is 22.6. The molecule has 2 unspecified atom stereocenters. The van der Waals surface area contributed by atoms with Gasteiger partial charge in [0.25, 0.3) is 0 Å². The molecule has 5 heterocycles. The van der Waals surface area contributed by atoms with Gasteiger partial charge in [0.15, 0.2) is 0 Å². The fourth-order valence-electron chi connectivity index (χ4n) is 7.01. The Kier molecular flexibility index (Phi) is 6.95. The summed E-state index contributed by atoms with van der Waals surface area (Å²) in [7, 11) is 2.19. The first kappa shape index (κ1) is 26.5. The molecule has 0 N–H and O–H groups in total. The van der Waals surface area contributed by atoms with Crippen molar-refractivity contribution in [3.8, 4) is 6.01 Å². The first-order valence-electron chi connectivity index (χ1n) is 14.8. The number of pyridine rings is 1. The molecule has 2 aromatic carbocycles. The molecule has 1 fully saturated rings. The molecule has 2 aromatic heterocycles. The van der Waals surface area contributed by atoms with E-state index in [9.17, 15) is 0 Å². The number of ether oxygens (including phenoxy) is 1. The molecule has 0 amide bonds. The zero-order valence-electron chi connectivity index (χ0n) is 24.1. The summed E-state index contributed by atoms with van der Waals surface area (Å²) in [6, 6.07) is 15.8. The lowest BCUT2D eigenvalue weighted by molar-refractivity contribution is 0.187. The highest BCUT2D eigenvalue weighted by molar-refractivity contribution is 6.36. The van der Waals surface area contributed by atoms with Crippen LogP contribution in [0.15, 0.2) is 54.9 Å². The topological polar surface area (TPSA) is 57.6 Å². The van der Waals surface area contributed by atoms with Gasteiger partial charge in [0.1, 0.15) is 12.4 Å². The molecule has 7 nitrogen and oxygen atoms in total. The second-order valence-electron chi connectivity index (χ2n) is 12.1. The van der Waals surface area contributed by atoms with Gasteiger partial charge in [-0.2, -0.15) is 9.97 Å². The molecule has 0 spiro atoms. The summed E-state index contributed by atoms with van der Waals surface area (Å²) in [4.78, 5) is 21.8. The number of likely N-dealkylation sites (N-methyl/N-ethyl adjacent to an activating group) is 1. The van der Waals surface area contributed by atoms with Crippen molar-refractivity contribution in [1.29, 1.82) is 0 Å². The van der Waals surface area contributed by atoms with Gasteiger partial charge in [-0.15, -0.1) is 0 Å². The SMILES string of the molecule is CC1C[C@@H](COc2nc3c(c(N4Cc5ccncc5CC4C)n2)CCN(c2cccc4cccc(Cl)c24)C3)N(C)C1. The first-order valence-corrected chi connectivity index (χ1v) is 15.2. The summed E-state index contributed by atoms with van der Waals surface area (Å²) in [5.74, 6) is 1.70. The third-order valence-corrected chi connectivity index (χ3v) is 9.48. The third-order valence-electron chi connectivity index (χ3n) is 9.16. The van der Waals surface area contributed by atoms with E-state index < -0.39 is 0 Å². The van der Waals surface area contributed by atoms with Gasteiger partial charge in [-0.25, -0.2) is 0 Å². The third kappa shape index (κ3) is 4.99. The van der Waals surface area contributed by atoms with Crippen LogP contribution in [0.1, 0.15) is 42.7 Å². The quantitative estimate of drug-likeness (QED) is 0.296. The number of hydrogen-bond donors (Lipinski definition) is 0. The zero-order valence-corrected chi connectivity index (χ0v) is 24.8. The van der Waals surface area contributed by atoms with E-state index in [1.807, 2.05) is 24.5 Å². The van der Waals surface area contributed by atoms with Crippen molar-refractivity contribution in [2.24, 2.45) is 5.92 Å². The van der Waals surface area contributed by atoms with Crippen LogP contribution in [0.25, 0.3) is 10.8 Å². The van der Waals surface area contributed by atoms with E-state index in [0.29, 0.717) is 37.2 Å². The zero-order chi connectivity index (χ0) is 28.1. The van der Waals surface area contributed by atoms with Crippen molar-refractivity contribution in [2.75, 3.05) is 36.5 Å². The molecule has 0 bridgehead atoms. The van der Waals surface area contributed by atoms with Gasteiger partial charge in [0.2, 0.25) is 0 Å². The summed E-state index contributed by atoms with van der Waals surface area (Å²) in [5, 5.41) is 3.03. The Balaban J connectivity index is 1.25. The molecule has 7 rings (SSSR count). The Labute approximate surface area is 247 Å². The second kappa shape index (κ2) is 10.8. The molecule has 0 radical (unpaired) electrons. The summed E-state index contributed by atoms with van der Waals surface area (Å²) < 4.78 is 6.40. The maximum absolute atomic E-state index is 6.73. The Morgan fingerprint density at radius 3 is 2.71 bits per heavy atom. The van der Waals surface area contributed by atoms with Gasteiger partial charge in [-0.1, -0.05) is 42.8 Å². The van der Waals surface area contributed by atoms with E-state index >= 15 is 0 Å². The number of aromatic nitrogens is 3. The maximum Gasteiger partial charge on any atom is 0.318 e. The predicted molar refractivity (Wildman–Crippen MR) is 165 cm³/mol. The van der Waals surface area contributed by atoms with E-state index in [0.717, 1.165) is 71.9 Å². The van der Waals surface area contributed by atoms with Crippen LogP contribution in [0.2, 0.25) is 5.02 Å². The summed E-state index contributed by atoms with van der Waals surface area (Å²) in [5.41, 5.74) is 6.07. The fourth-order valence-corrected chi connectivity index (χ4v) is 7.29. The average molecular weight is 569 g/mol. The lowest BCUT2D eigenvalue weighted by atomic mass is 9.95. The van der Waals surface area contributed by atoms with Gasteiger partial charge in [0, 0.05) is 60.7 Å². The van der Waals surface area contributed by atoms with Crippen molar-refractivity contribution in [3.63, 3.8) is 0 Å². The molecule has 3 aliphatic heterocycles. The maximum atomic E-state index is 6.73. The first-order chi connectivity index (χ1) is 19.9. The molecule has 212 valence electrons. The van der Waals surface area contributed by atoms with Gasteiger partial charge in [-0.3, -0.25) is 9.88 Å². The van der Waals surface area contributed by atoms with Crippen molar-refractivity contribution >= 4 is 33.9 Å². The van der Waals surface area contributed by atoms with Crippen LogP contribution in [0.4, 0.5) is 11.5 Å². The standard InChI is InChI=1S/C33H37ClN6O/c1-21-14-26(38(3)17-21)20-41-33-36-29-19-39(30-9-5-7-23-6-4-8-28(34)31(23)30)13-11-27(29)32(37-33)40-18-24-10-12-35-16-25(24)15-22(40)2/h4-10,12,16,21-22,26H,11,13-15,17-20H2,1-3H3/t21?,22?,26-/m0/s1. The largest absolute Gasteiger partial charge is 0.462 e. The molecule has 41 heavy (non-hydrogen) atoms. The van der Waals surface area contributed by atoms with Gasteiger partial charge < -0.3 is 14.5 Å². The van der Waals surface area contributed by atoms with Crippen molar-refractivity contribution in [1.82, 2.24) is 19.9 Å². The van der Waals surface area contributed by atoms with E-state index in [4.69, 9.17) is 26.3 Å². The molecule has 1 saturated heterocycles. The molecule has 4 aromatic rings. The minimum absolute atomic E-state index is 0.301. The van der Waals surface area contributed by atoms with Crippen LogP contribution >= 0.6 is 11.6 Å². The van der Waals surface area contributed by atoms with Crippen molar-refractivity contribution in [2.45, 2.75) is 58.3 Å². The summed E-state index contributed by atoms with van der Waals surface area (Å²) in [6.45, 7) is 8.68. The van der Waals surface area contributed by atoms with Crippen LogP contribution in [0, 0.1) is 5.92 Å². The smallest absolute Gasteiger partial charge is 0.318 e. The minimum atomic E-state index is 0.301. The molecule has 0 aliphatic carbocycles. The van der Waals surface area contributed by atoms with Crippen LogP contribution in [-0.2, 0) is 25.9 Å². The van der Waals surface area contributed by atoms with E-state index in [1.165, 1.54) is 16.7 Å². The van der Waals surface area contributed by atoms with Crippen molar-refractivity contribution < 1.29 is 4.74 Å². The number of rotatable bonds is 5. The number of fused-ring (bicyclic) bond motifs is 3. The van der Waals surface area contributed by atoms with Gasteiger partial charge in [0.05, 0.1) is 17.3 Å². The molecule has 3 aliphatic rings. The number of benzene rings is 2. The predicted octanol–water partition coefficient (Wildman–Crippen LogP) is 5.91. The van der Waals surface area contributed by atoms with Crippen LogP contribution in [0.5, 0.6) is 6.01 Å². The lowest BCUT2D eigenvalue weighted by Gasteiger charge is -2.39. The lowest BCUT2D eigenvalue weighted by Crippen LogP contribution is -2.41. The Morgan fingerprint density at radius 2 is 1.88 bits per heavy atom. The average Bonchev–Trinajstić information content (AvgIpc) is 3.31.